The molecule has 2 nitrogen and oxygen atoms in total. The number of nitrogens with two attached hydrogens (primary N) is 1. The number of fused-ring (bicyclic) bond motifs is 1. The van der Waals surface area contributed by atoms with E-state index >= 15 is 0 Å². The summed E-state index contributed by atoms with van der Waals surface area (Å²) in [7, 11) is 0. The molecule has 3 N–H and O–H groups in total. The van der Waals surface area contributed by atoms with Crippen LogP contribution in [-0.4, -0.2) is 4.98 Å². The quantitative estimate of drug-likeness (QED) is 0.784. The van der Waals surface area contributed by atoms with E-state index in [0.717, 1.165) is 6.42 Å². The second-order valence-electron chi connectivity index (χ2n) is 4.07. The number of H-pyrrole nitrogens is 1. The lowest BCUT2D eigenvalue weighted by Crippen LogP contribution is -2.09. The number of aromatic nitrogens is 1. The SMILES string of the molecule is CCCC[C@@H](N)c1ccc2[nH]ccc2c1. The second-order valence-corrected chi connectivity index (χ2v) is 4.07. The van der Waals surface area contributed by atoms with E-state index in [1.807, 2.05) is 6.20 Å². The van der Waals surface area contributed by atoms with Crippen LogP contribution in [0.2, 0.25) is 0 Å². The van der Waals surface area contributed by atoms with Crippen LogP contribution in [0.15, 0.2) is 30.5 Å². The largest absolute Gasteiger partial charge is 0.361 e. The molecule has 0 fully saturated rings. The lowest BCUT2D eigenvalue weighted by atomic mass is 10.0. The normalized spacial score (nSPS) is 13.2. The molecule has 0 unspecified atom stereocenters. The zero-order valence-corrected chi connectivity index (χ0v) is 9.16. The molecule has 1 aromatic carbocycles. The highest BCUT2D eigenvalue weighted by Crippen LogP contribution is 2.21. The molecule has 0 saturated heterocycles. The molecule has 0 aliphatic rings. The molecule has 15 heavy (non-hydrogen) atoms. The van der Waals surface area contributed by atoms with Gasteiger partial charge in [-0.2, -0.15) is 0 Å². The average Bonchev–Trinajstić information content (AvgIpc) is 2.72. The Bertz CT molecular complexity index is 431. The van der Waals surface area contributed by atoms with Crippen molar-refractivity contribution < 1.29 is 0 Å². The summed E-state index contributed by atoms with van der Waals surface area (Å²) in [5.74, 6) is 0. The Morgan fingerprint density at radius 2 is 2.20 bits per heavy atom. The molecule has 0 aliphatic heterocycles. The number of hydrogen-bond acceptors (Lipinski definition) is 1. The fraction of sp³-hybridized carbons (Fsp3) is 0.385. The van der Waals surface area contributed by atoms with Crippen LogP contribution in [0.1, 0.15) is 37.8 Å². The Balaban J connectivity index is 2.19. The van der Waals surface area contributed by atoms with Gasteiger partial charge < -0.3 is 10.7 Å². The van der Waals surface area contributed by atoms with Gasteiger partial charge in [-0.1, -0.05) is 25.8 Å². The standard InChI is InChI=1S/C13H18N2/c1-2-3-4-12(14)10-5-6-13-11(9-10)7-8-15-13/h5-9,12,15H,2-4,14H2,1H3/t12-/m1/s1. The molecule has 0 spiro atoms. The van der Waals surface area contributed by atoms with E-state index in [0.29, 0.717) is 0 Å². The smallest absolute Gasteiger partial charge is 0.0454 e. The maximum atomic E-state index is 6.13. The van der Waals surface area contributed by atoms with Gasteiger partial charge in [0.2, 0.25) is 0 Å². The van der Waals surface area contributed by atoms with Crippen molar-refractivity contribution >= 4 is 10.9 Å². The molecule has 0 radical (unpaired) electrons. The molecule has 1 atom stereocenters. The Hall–Kier alpha value is -1.28. The first-order valence-electron chi connectivity index (χ1n) is 5.64. The first kappa shape index (κ1) is 10.2. The third-order valence-electron chi connectivity index (χ3n) is 2.87. The summed E-state index contributed by atoms with van der Waals surface area (Å²) in [6.45, 7) is 2.20. The summed E-state index contributed by atoms with van der Waals surface area (Å²) in [4.78, 5) is 3.19. The van der Waals surface area contributed by atoms with Gasteiger partial charge in [0.1, 0.15) is 0 Å². The molecule has 0 aliphatic carbocycles. The zero-order valence-electron chi connectivity index (χ0n) is 9.16. The number of benzene rings is 1. The fourth-order valence-electron chi connectivity index (χ4n) is 1.89. The van der Waals surface area contributed by atoms with E-state index in [2.05, 4.69) is 36.2 Å². The molecule has 80 valence electrons. The monoisotopic (exact) mass is 202 g/mol. The predicted molar refractivity (Wildman–Crippen MR) is 64.8 cm³/mol. The van der Waals surface area contributed by atoms with Gasteiger partial charge in [0.15, 0.2) is 0 Å². The molecule has 0 bridgehead atoms. The van der Waals surface area contributed by atoms with E-state index in [-0.39, 0.29) is 6.04 Å². The highest BCUT2D eigenvalue weighted by molar-refractivity contribution is 5.80. The fourth-order valence-corrected chi connectivity index (χ4v) is 1.89. The summed E-state index contributed by atoms with van der Waals surface area (Å²) in [5.41, 5.74) is 8.56. The molecular weight excluding hydrogens is 184 g/mol. The van der Waals surface area contributed by atoms with Gasteiger partial charge in [0, 0.05) is 17.8 Å². The lowest BCUT2D eigenvalue weighted by Gasteiger charge is -2.11. The number of nitrogens with one attached hydrogen (secondary N) is 1. The number of hydrogen-bond donors (Lipinski definition) is 2. The Labute approximate surface area is 90.5 Å². The average molecular weight is 202 g/mol. The van der Waals surface area contributed by atoms with Crippen LogP contribution in [-0.2, 0) is 0 Å². The van der Waals surface area contributed by atoms with Crippen LogP contribution >= 0.6 is 0 Å². The van der Waals surface area contributed by atoms with Crippen molar-refractivity contribution in [2.24, 2.45) is 5.73 Å². The van der Waals surface area contributed by atoms with Crippen molar-refractivity contribution in [2.45, 2.75) is 32.2 Å². The summed E-state index contributed by atoms with van der Waals surface area (Å²) >= 11 is 0. The number of rotatable bonds is 4. The molecule has 1 aromatic heterocycles. The highest BCUT2D eigenvalue weighted by Gasteiger charge is 2.05. The van der Waals surface area contributed by atoms with Crippen molar-refractivity contribution in [1.82, 2.24) is 4.98 Å². The van der Waals surface area contributed by atoms with E-state index in [9.17, 15) is 0 Å². The molecule has 0 amide bonds. The van der Waals surface area contributed by atoms with Crippen molar-refractivity contribution in [3.8, 4) is 0 Å². The third kappa shape index (κ3) is 2.21. The van der Waals surface area contributed by atoms with Crippen LogP contribution < -0.4 is 5.73 Å². The maximum Gasteiger partial charge on any atom is 0.0454 e. The third-order valence-corrected chi connectivity index (χ3v) is 2.87. The Morgan fingerprint density at radius 3 is 3.00 bits per heavy atom. The van der Waals surface area contributed by atoms with Gasteiger partial charge >= 0.3 is 0 Å². The van der Waals surface area contributed by atoms with E-state index in [1.165, 1.54) is 29.3 Å². The van der Waals surface area contributed by atoms with Gasteiger partial charge in [-0.15, -0.1) is 0 Å². The molecule has 2 rings (SSSR count). The first-order valence-corrected chi connectivity index (χ1v) is 5.64. The summed E-state index contributed by atoms with van der Waals surface area (Å²) in [6, 6.07) is 8.69. The lowest BCUT2D eigenvalue weighted by molar-refractivity contribution is 0.604. The van der Waals surface area contributed by atoms with Gasteiger partial charge in [-0.25, -0.2) is 0 Å². The van der Waals surface area contributed by atoms with Crippen molar-refractivity contribution in [1.29, 1.82) is 0 Å². The molecule has 0 saturated carbocycles. The number of aromatic amines is 1. The van der Waals surface area contributed by atoms with E-state index in [1.54, 1.807) is 0 Å². The highest BCUT2D eigenvalue weighted by atomic mass is 14.7. The van der Waals surface area contributed by atoms with Crippen LogP contribution in [0, 0.1) is 0 Å². The Morgan fingerprint density at radius 1 is 1.33 bits per heavy atom. The molecule has 2 aromatic rings. The Kier molecular flexibility index (Phi) is 3.07. The van der Waals surface area contributed by atoms with E-state index in [4.69, 9.17) is 5.73 Å². The van der Waals surface area contributed by atoms with Crippen molar-refractivity contribution in [3.63, 3.8) is 0 Å². The summed E-state index contributed by atoms with van der Waals surface area (Å²) in [6.07, 6.45) is 5.45. The minimum absolute atomic E-state index is 0.184. The van der Waals surface area contributed by atoms with Gasteiger partial charge in [-0.05, 0) is 35.6 Å². The van der Waals surface area contributed by atoms with Crippen LogP contribution in [0.25, 0.3) is 10.9 Å². The van der Waals surface area contributed by atoms with Crippen molar-refractivity contribution in [2.75, 3.05) is 0 Å². The summed E-state index contributed by atoms with van der Waals surface area (Å²) in [5, 5.41) is 1.25. The van der Waals surface area contributed by atoms with Gasteiger partial charge in [0.25, 0.3) is 0 Å². The van der Waals surface area contributed by atoms with E-state index < -0.39 is 0 Å². The zero-order chi connectivity index (χ0) is 10.7. The van der Waals surface area contributed by atoms with Crippen LogP contribution in [0.4, 0.5) is 0 Å². The van der Waals surface area contributed by atoms with Crippen LogP contribution in [0.5, 0.6) is 0 Å². The maximum absolute atomic E-state index is 6.13. The van der Waals surface area contributed by atoms with Crippen LogP contribution in [0.3, 0.4) is 0 Å². The van der Waals surface area contributed by atoms with Gasteiger partial charge in [-0.3, -0.25) is 0 Å². The molecule has 1 heterocycles. The molecule has 2 heteroatoms. The second kappa shape index (κ2) is 4.49. The van der Waals surface area contributed by atoms with Crippen molar-refractivity contribution in [3.05, 3.63) is 36.0 Å². The summed E-state index contributed by atoms with van der Waals surface area (Å²) < 4.78 is 0. The van der Waals surface area contributed by atoms with Gasteiger partial charge in [0.05, 0.1) is 0 Å². The minimum atomic E-state index is 0.184. The minimum Gasteiger partial charge on any atom is -0.361 e. The molecular formula is C13H18N2. The number of unbranched alkanes of at least 4 members (excludes halogenated alkanes) is 1. The predicted octanol–water partition coefficient (Wildman–Crippen LogP) is 3.36. The topological polar surface area (TPSA) is 41.8 Å². The first-order chi connectivity index (χ1) is 7.31.